The lowest BCUT2D eigenvalue weighted by Crippen LogP contribution is -2.35. The van der Waals surface area contributed by atoms with Crippen molar-refractivity contribution in [3.63, 3.8) is 0 Å². The predicted octanol–water partition coefficient (Wildman–Crippen LogP) is 3.74. The summed E-state index contributed by atoms with van der Waals surface area (Å²) in [6, 6.07) is 7.64. The van der Waals surface area contributed by atoms with Crippen molar-refractivity contribution in [2.24, 2.45) is 5.41 Å². The molecule has 0 aliphatic rings. The summed E-state index contributed by atoms with van der Waals surface area (Å²) in [5, 5.41) is 12.9. The molecule has 18 heavy (non-hydrogen) atoms. The fraction of sp³-hybridized carbons (Fsp3) is 0.625. The van der Waals surface area contributed by atoms with E-state index in [0.29, 0.717) is 11.2 Å². The Bertz CT molecular complexity index is 327. The molecule has 0 aliphatic carbocycles. The van der Waals surface area contributed by atoms with Crippen molar-refractivity contribution in [1.82, 2.24) is 5.32 Å². The maximum absolute atomic E-state index is 9.33. The van der Waals surface area contributed by atoms with Gasteiger partial charge in [0, 0.05) is 6.54 Å². The normalized spacial score (nSPS) is 11.7. The molecule has 0 atom stereocenters. The number of rotatable bonds is 8. The van der Waals surface area contributed by atoms with E-state index < -0.39 is 0 Å². The Kier molecular flexibility index (Phi) is 6.20. The van der Waals surface area contributed by atoms with Crippen molar-refractivity contribution in [3.8, 4) is 5.75 Å². The molecule has 2 heteroatoms. The molecule has 2 N–H and O–H groups in total. The number of nitrogens with one attached hydrogen (secondary N) is 1. The monoisotopic (exact) mass is 249 g/mol. The molecule has 0 aromatic heterocycles. The summed E-state index contributed by atoms with van der Waals surface area (Å²) in [5.74, 6) is 0.349. The SMILES string of the molecule is CCCNCC(CC)(CC)Cc1ccc(O)cc1. The third-order valence-corrected chi connectivity index (χ3v) is 3.94. The van der Waals surface area contributed by atoms with E-state index in [0.717, 1.165) is 19.5 Å². The van der Waals surface area contributed by atoms with E-state index in [9.17, 15) is 5.11 Å². The second-order valence-corrected chi connectivity index (χ2v) is 5.23. The van der Waals surface area contributed by atoms with Crippen molar-refractivity contribution < 1.29 is 5.11 Å². The van der Waals surface area contributed by atoms with Crippen molar-refractivity contribution in [2.45, 2.75) is 46.5 Å². The average molecular weight is 249 g/mol. The number of benzene rings is 1. The standard InChI is InChI=1S/C16H27NO/c1-4-11-17-13-16(5-2,6-3)12-14-7-9-15(18)10-8-14/h7-10,17-18H,4-6,11-13H2,1-3H3. The fourth-order valence-electron chi connectivity index (χ4n) is 2.39. The number of hydrogen-bond acceptors (Lipinski definition) is 2. The van der Waals surface area contributed by atoms with E-state index >= 15 is 0 Å². The van der Waals surface area contributed by atoms with Gasteiger partial charge in [0.25, 0.3) is 0 Å². The van der Waals surface area contributed by atoms with Crippen molar-refractivity contribution in [2.75, 3.05) is 13.1 Å². The summed E-state index contributed by atoms with van der Waals surface area (Å²) in [6.45, 7) is 8.92. The molecule has 0 spiro atoms. The Balaban J connectivity index is 2.68. The molecule has 2 nitrogen and oxygen atoms in total. The van der Waals surface area contributed by atoms with Crippen LogP contribution in [0.2, 0.25) is 0 Å². The van der Waals surface area contributed by atoms with Gasteiger partial charge in [0.2, 0.25) is 0 Å². The highest BCUT2D eigenvalue weighted by atomic mass is 16.3. The first-order valence-corrected chi connectivity index (χ1v) is 7.14. The zero-order valence-corrected chi connectivity index (χ0v) is 12.0. The first-order valence-electron chi connectivity index (χ1n) is 7.14. The number of aromatic hydroxyl groups is 1. The summed E-state index contributed by atoms with van der Waals surface area (Å²) in [6.07, 6.45) is 4.63. The molecule has 102 valence electrons. The third-order valence-electron chi connectivity index (χ3n) is 3.94. The molecule has 0 heterocycles. The van der Waals surface area contributed by atoms with Gasteiger partial charge in [-0.2, -0.15) is 0 Å². The minimum atomic E-state index is 0.339. The summed E-state index contributed by atoms with van der Waals surface area (Å²) >= 11 is 0. The lowest BCUT2D eigenvalue weighted by atomic mass is 9.77. The van der Waals surface area contributed by atoms with E-state index in [4.69, 9.17) is 0 Å². The van der Waals surface area contributed by atoms with Gasteiger partial charge < -0.3 is 10.4 Å². The highest BCUT2D eigenvalue weighted by Gasteiger charge is 2.25. The Morgan fingerprint density at radius 3 is 2.17 bits per heavy atom. The molecule has 0 fully saturated rings. The van der Waals surface area contributed by atoms with Gasteiger partial charge in [-0.25, -0.2) is 0 Å². The van der Waals surface area contributed by atoms with Crippen LogP contribution in [0.1, 0.15) is 45.6 Å². The van der Waals surface area contributed by atoms with Gasteiger partial charge in [0.05, 0.1) is 0 Å². The molecule has 1 rings (SSSR count). The molecule has 0 amide bonds. The van der Waals surface area contributed by atoms with Gasteiger partial charge in [-0.3, -0.25) is 0 Å². The van der Waals surface area contributed by atoms with Gasteiger partial charge in [0.15, 0.2) is 0 Å². The minimum absolute atomic E-state index is 0.339. The largest absolute Gasteiger partial charge is 0.508 e. The molecule has 0 saturated carbocycles. The van der Waals surface area contributed by atoms with Gasteiger partial charge in [-0.1, -0.05) is 32.9 Å². The van der Waals surface area contributed by atoms with E-state index in [1.165, 1.54) is 24.8 Å². The molecule has 0 unspecified atom stereocenters. The summed E-state index contributed by atoms with van der Waals surface area (Å²) in [4.78, 5) is 0. The van der Waals surface area contributed by atoms with Crippen LogP contribution in [0.15, 0.2) is 24.3 Å². The maximum atomic E-state index is 9.33. The molecule has 0 aliphatic heterocycles. The topological polar surface area (TPSA) is 32.3 Å². The first-order chi connectivity index (χ1) is 8.65. The van der Waals surface area contributed by atoms with Crippen LogP contribution in [0.5, 0.6) is 5.75 Å². The fourth-order valence-corrected chi connectivity index (χ4v) is 2.39. The van der Waals surface area contributed by atoms with E-state index in [2.05, 4.69) is 26.1 Å². The molecular formula is C16H27NO. The molecule has 0 saturated heterocycles. The van der Waals surface area contributed by atoms with Crippen LogP contribution in [0.4, 0.5) is 0 Å². The van der Waals surface area contributed by atoms with Gasteiger partial charge in [0.1, 0.15) is 5.75 Å². The Morgan fingerprint density at radius 1 is 1.06 bits per heavy atom. The van der Waals surface area contributed by atoms with Gasteiger partial charge in [-0.05, 0) is 55.3 Å². The minimum Gasteiger partial charge on any atom is -0.508 e. The second-order valence-electron chi connectivity index (χ2n) is 5.23. The summed E-state index contributed by atoms with van der Waals surface area (Å²) in [5.41, 5.74) is 1.65. The molecule has 0 bridgehead atoms. The Hall–Kier alpha value is -1.02. The average Bonchev–Trinajstić information content (AvgIpc) is 2.40. The smallest absolute Gasteiger partial charge is 0.115 e. The number of hydrogen-bond donors (Lipinski definition) is 2. The lowest BCUT2D eigenvalue weighted by Gasteiger charge is -2.32. The lowest BCUT2D eigenvalue weighted by molar-refractivity contribution is 0.247. The van der Waals surface area contributed by atoms with Crippen molar-refractivity contribution in [3.05, 3.63) is 29.8 Å². The predicted molar refractivity (Wildman–Crippen MR) is 78.0 cm³/mol. The zero-order valence-electron chi connectivity index (χ0n) is 12.0. The van der Waals surface area contributed by atoms with Crippen LogP contribution in [0.3, 0.4) is 0 Å². The second kappa shape index (κ2) is 7.42. The summed E-state index contributed by atoms with van der Waals surface area (Å²) < 4.78 is 0. The van der Waals surface area contributed by atoms with Crippen LogP contribution in [-0.2, 0) is 6.42 Å². The molecule has 1 aromatic rings. The number of phenols is 1. The van der Waals surface area contributed by atoms with Gasteiger partial charge >= 0.3 is 0 Å². The highest BCUT2D eigenvalue weighted by molar-refractivity contribution is 5.26. The zero-order chi connectivity index (χ0) is 13.4. The molecule has 1 aromatic carbocycles. The van der Waals surface area contributed by atoms with Crippen LogP contribution in [-0.4, -0.2) is 18.2 Å². The maximum Gasteiger partial charge on any atom is 0.115 e. The highest BCUT2D eigenvalue weighted by Crippen LogP contribution is 2.30. The van der Waals surface area contributed by atoms with E-state index in [-0.39, 0.29) is 0 Å². The van der Waals surface area contributed by atoms with E-state index in [1.807, 2.05) is 12.1 Å². The van der Waals surface area contributed by atoms with Crippen LogP contribution >= 0.6 is 0 Å². The first kappa shape index (κ1) is 15.0. The molecule has 0 radical (unpaired) electrons. The van der Waals surface area contributed by atoms with Crippen molar-refractivity contribution >= 4 is 0 Å². The van der Waals surface area contributed by atoms with Crippen LogP contribution in [0, 0.1) is 5.41 Å². The summed E-state index contributed by atoms with van der Waals surface area (Å²) in [7, 11) is 0. The van der Waals surface area contributed by atoms with Crippen molar-refractivity contribution in [1.29, 1.82) is 0 Å². The quantitative estimate of drug-likeness (QED) is 0.688. The van der Waals surface area contributed by atoms with Crippen LogP contribution < -0.4 is 5.32 Å². The Morgan fingerprint density at radius 2 is 1.67 bits per heavy atom. The number of phenolic OH excluding ortho intramolecular Hbond substituents is 1. The van der Waals surface area contributed by atoms with E-state index in [1.54, 1.807) is 12.1 Å². The van der Waals surface area contributed by atoms with Gasteiger partial charge in [-0.15, -0.1) is 0 Å². The molecular weight excluding hydrogens is 222 g/mol. The van der Waals surface area contributed by atoms with Crippen LogP contribution in [0.25, 0.3) is 0 Å². The third kappa shape index (κ3) is 4.34. The Labute approximate surface area is 111 Å².